The Morgan fingerprint density at radius 2 is 2.07 bits per heavy atom. The highest BCUT2D eigenvalue weighted by molar-refractivity contribution is 8.00. The Balaban J connectivity index is 1.85. The van der Waals surface area contributed by atoms with Gasteiger partial charge in [0.1, 0.15) is 5.82 Å². The Morgan fingerprint density at radius 1 is 1.33 bits per heavy atom. The van der Waals surface area contributed by atoms with Crippen molar-refractivity contribution in [2.45, 2.75) is 30.8 Å². The predicted octanol–water partition coefficient (Wildman–Crippen LogP) is 4.33. The molecule has 1 heterocycles. The number of thioether (sulfide) groups is 1. The Labute approximate surface area is 164 Å². The summed E-state index contributed by atoms with van der Waals surface area (Å²) in [6.45, 7) is 4.00. The van der Waals surface area contributed by atoms with Crippen LogP contribution in [0.15, 0.2) is 52.4 Å². The normalized spacial score (nSPS) is 12.1. The predicted molar refractivity (Wildman–Crippen MR) is 107 cm³/mol. The molecule has 0 aliphatic rings. The molecule has 0 saturated carbocycles. The van der Waals surface area contributed by atoms with Crippen molar-refractivity contribution in [2.75, 3.05) is 5.32 Å². The summed E-state index contributed by atoms with van der Waals surface area (Å²) in [7, 11) is 0. The zero-order valence-corrected chi connectivity index (χ0v) is 16.3. The highest BCUT2D eigenvalue weighted by atomic mass is 35.5. The maximum Gasteiger partial charge on any atom is 0.262 e. The molecule has 0 fully saturated rings. The van der Waals surface area contributed by atoms with Crippen molar-refractivity contribution in [3.05, 3.63) is 63.7 Å². The third kappa shape index (κ3) is 4.14. The number of carbonyl (C=O) groups excluding carboxylic acids is 1. The summed E-state index contributed by atoms with van der Waals surface area (Å²) in [5.74, 6) is -0.800. The van der Waals surface area contributed by atoms with Crippen LogP contribution in [0.4, 0.5) is 10.1 Å². The summed E-state index contributed by atoms with van der Waals surface area (Å²) in [6.07, 6.45) is 0. The Kier molecular flexibility index (Phi) is 5.82. The lowest BCUT2D eigenvalue weighted by Crippen LogP contribution is -2.26. The fraction of sp³-hybridized carbons (Fsp3) is 0.211. The minimum absolute atomic E-state index is 0.120. The van der Waals surface area contributed by atoms with Gasteiger partial charge in [0, 0.05) is 6.54 Å². The summed E-state index contributed by atoms with van der Waals surface area (Å²) in [5, 5.41) is 3.26. The van der Waals surface area contributed by atoms with Crippen molar-refractivity contribution >= 4 is 45.9 Å². The highest BCUT2D eigenvalue weighted by Crippen LogP contribution is 2.26. The number of fused-ring (bicyclic) bond motifs is 1. The molecular weight excluding hydrogens is 389 g/mol. The zero-order valence-electron chi connectivity index (χ0n) is 14.7. The lowest BCUT2D eigenvalue weighted by Gasteiger charge is -2.15. The van der Waals surface area contributed by atoms with E-state index in [0.717, 1.165) is 6.07 Å². The van der Waals surface area contributed by atoms with Crippen LogP contribution in [-0.4, -0.2) is 20.7 Å². The van der Waals surface area contributed by atoms with Gasteiger partial charge in [-0.05, 0) is 44.2 Å². The number of nitrogens with zero attached hydrogens (tertiary/aromatic N) is 2. The number of anilines is 1. The Hall–Kier alpha value is -2.38. The van der Waals surface area contributed by atoms with Gasteiger partial charge in [-0.3, -0.25) is 14.2 Å². The van der Waals surface area contributed by atoms with E-state index in [1.54, 1.807) is 29.7 Å². The van der Waals surface area contributed by atoms with Crippen molar-refractivity contribution in [1.82, 2.24) is 9.55 Å². The number of hydrogen-bond acceptors (Lipinski definition) is 4. The van der Waals surface area contributed by atoms with E-state index < -0.39 is 11.1 Å². The molecule has 0 bridgehead atoms. The fourth-order valence-corrected chi connectivity index (χ4v) is 3.74. The van der Waals surface area contributed by atoms with E-state index in [1.165, 1.54) is 23.9 Å². The number of carbonyl (C=O) groups is 1. The van der Waals surface area contributed by atoms with Crippen molar-refractivity contribution < 1.29 is 9.18 Å². The first-order chi connectivity index (χ1) is 12.9. The summed E-state index contributed by atoms with van der Waals surface area (Å²) >= 11 is 7.14. The van der Waals surface area contributed by atoms with Crippen molar-refractivity contribution in [3.63, 3.8) is 0 Å². The molecule has 27 heavy (non-hydrogen) atoms. The van der Waals surface area contributed by atoms with Gasteiger partial charge in [-0.1, -0.05) is 35.5 Å². The third-order valence-electron chi connectivity index (χ3n) is 3.98. The molecule has 0 aliphatic heterocycles. The second-order valence-corrected chi connectivity index (χ2v) is 7.55. The molecule has 0 radical (unpaired) electrons. The van der Waals surface area contributed by atoms with Gasteiger partial charge in [0.2, 0.25) is 5.91 Å². The van der Waals surface area contributed by atoms with Gasteiger partial charge in [-0.15, -0.1) is 0 Å². The number of para-hydroxylation sites is 1. The zero-order chi connectivity index (χ0) is 19.6. The van der Waals surface area contributed by atoms with E-state index >= 15 is 0 Å². The quantitative estimate of drug-likeness (QED) is 0.507. The van der Waals surface area contributed by atoms with Gasteiger partial charge >= 0.3 is 0 Å². The van der Waals surface area contributed by atoms with Crippen LogP contribution in [0.1, 0.15) is 13.8 Å². The maximum absolute atomic E-state index is 13.1. The third-order valence-corrected chi connectivity index (χ3v) is 5.39. The van der Waals surface area contributed by atoms with Crippen LogP contribution in [0.25, 0.3) is 10.9 Å². The standard InChI is InChI=1S/C19H17ClFN3O2S/c1-3-24-18(26)13-6-4-5-7-15(13)23-19(24)27-11(2)17(25)22-16-9-8-12(21)10-14(16)20/h4-11H,3H2,1-2H3,(H,22,25). The first-order valence-electron chi connectivity index (χ1n) is 8.33. The number of rotatable bonds is 5. The van der Waals surface area contributed by atoms with Crippen LogP contribution in [0.3, 0.4) is 0 Å². The molecule has 0 aliphatic carbocycles. The number of aromatic nitrogens is 2. The lowest BCUT2D eigenvalue weighted by molar-refractivity contribution is -0.115. The maximum atomic E-state index is 13.1. The second kappa shape index (κ2) is 8.10. The topological polar surface area (TPSA) is 64.0 Å². The highest BCUT2D eigenvalue weighted by Gasteiger charge is 2.20. The SMILES string of the molecule is CCn1c(SC(C)C(=O)Nc2ccc(F)cc2Cl)nc2ccccc2c1=O. The van der Waals surface area contributed by atoms with Crippen LogP contribution >= 0.6 is 23.4 Å². The monoisotopic (exact) mass is 405 g/mol. The van der Waals surface area contributed by atoms with Gasteiger partial charge in [-0.2, -0.15) is 0 Å². The molecule has 2 aromatic carbocycles. The van der Waals surface area contributed by atoms with Crippen LogP contribution in [0.2, 0.25) is 5.02 Å². The average Bonchev–Trinajstić information content (AvgIpc) is 2.64. The van der Waals surface area contributed by atoms with E-state index in [2.05, 4.69) is 10.3 Å². The molecule has 1 unspecified atom stereocenters. The molecule has 3 aromatic rings. The van der Waals surface area contributed by atoms with Crippen LogP contribution in [0, 0.1) is 5.82 Å². The van der Waals surface area contributed by atoms with Gasteiger partial charge in [-0.25, -0.2) is 9.37 Å². The first-order valence-corrected chi connectivity index (χ1v) is 9.58. The summed E-state index contributed by atoms with van der Waals surface area (Å²) in [6, 6.07) is 10.9. The molecule has 140 valence electrons. The van der Waals surface area contributed by atoms with Crippen LogP contribution in [-0.2, 0) is 11.3 Å². The average molecular weight is 406 g/mol. The molecular formula is C19H17ClFN3O2S. The number of halogens is 2. The van der Waals surface area contributed by atoms with Crippen molar-refractivity contribution in [2.24, 2.45) is 0 Å². The molecule has 1 amide bonds. The Bertz CT molecular complexity index is 1070. The summed E-state index contributed by atoms with van der Waals surface area (Å²) in [4.78, 5) is 29.7. The minimum Gasteiger partial charge on any atom is -0.324 e. The Morgan fingerprint density at radius 3 is 2.78 bits per heavy atom. The van der Waals surface area contributed by atoms with Gasteiger partial charge in [0.05, 0.1) is 26.9 Å². The van der Waals surface area contributed by atoms with Crippen molar-refractivity contribution in [1.29, 1.82) is 0 Å². The van der Waals surface area contributed by atoms with E-state index in [-0.39, 0.29) is 16.5 Å². The number of benzene rings is 2. The van der Waals surface area contributed by atoms with E-state index in [4.69, 9.17) is 11.6 Å². The smallest absolute Gasteiger partial charge is 0.262 e. The summed E-state index contributed by atoms with van der Waals surface area (Å²) < 4.78 is 14.7. The molecule has 0 saturated heterocycles. The number of hydrogen-bond donors (Lipinski definition) is 1. The molecule has 1 N–H and O–H groups in total. The van der Waals surface area contributed by atoms with E-state index in [0.29, 0.717) is 28.3 Å². The van der Waals surface area contributed by atoms with Crippen molar-refractivity contribution in [3.8, 4) is 0 Å². The van der Waals surface area contributed by atoms with Crippen LogP contribution < -0.4 is 10.9 Å². The second-order valence-electron chi connectivity index (χ2n) is 5.83. The number of nitrogens with one attached hydrogen (secondary N) is 1. The fourth-order valence-electron chi connectivity index (χ4n) is 2.55. The van der Waals surface area contributed by atoms with Gasteiger partial charge in [0.15, 0.2) is 5.16 Å². The van der Waals surface area contributed by atoms with E-state index in [1.807, 2.05) is 13.0 Å². The molecule has 5 nitrogen and oxygen atoms in total. The minimum atomic E-state index is -0.544. The van der Waals surface area contributed by atoms with E-state index in [9.17, 15) is 14.0 Å². The molecule has 8 heteroatoms. The molecule has 3 rings (SSSR count). The van der Waals surface area contributed by atoms with Gasteiger partial charge in [0.25, 0.3) is 5.56 Å². The molecule has 0 spiro atoms. The molecule has 1 atom stereocenters. The largest absolute Gasteiger partial charge is 0.324 e. The lowest BCUT2D eigenvalue weighted by atomic mass is 10.2. The molecule has 1 aromatic heterocycles. The summed E-state index contributed by atoms with van der Waals surface area (Å²) in [5.41, 5.74) is 0.776. The number of amides is 1. The first kappa shape index (κ1) is 19.4. The van der Waals surface area contributed by atoms with Gasteiger partial charge < -0.3 is 5.32 Å². The van der Waals surface area contributed by atoms with Crippen LogP contribution in [0.5, 0.6) is 0 Å².